The predicted octanol–water partition coefficient (Wildman–Crippen LogP) is 2.86. The van der Waals surface area contributed by atoms with Crippen LogP contribution in [0.25, 0.3) is 21.9 Å². The molecule has 0 unspecified atom stereocenters. The smallest absolute Gasteiger partial charge is 0.290 e. The van der Waals surface area contributed by atoms with Gasteiger partial charge in [-0.25, -0.2) is 0 Å². The zero-order valence-electron chi connectivity index (χ0n) is 17.6. The summed E-state index contributed by atoms with van der Waals surface area (Å²) in [7, 11) is -1.69. The van der Waals surface area contributed by atoms with E-state index in [0.717, 1.165) is 53.1 Å². The molecule has 0 saturated carbocycles. The summed E-state index contributed by atoms with van der Waals surface area (Å²) < 4.78 is 33.1. The Morgan fingerprint density at radius 1 is 1.03 bits per heavy atom. The Morgan fingerprint density at radius 3 is 2.66 bits per heavy atom. The van der Waals surface area contributed by atoms with Crippen LogP contribution in [0, 0.1) is 0 Å². The van der Waals surface area contributed by atoms with Gasteiger partial charge in [0.15, 0.2) is 0 Å². The highest BCUT2D eigenvalue weighted by molar-refractivity contribution is 7.90. The van der Waals surface area contributed by atoms with E-state index in [0.29, 0.717) is 11.1 Å². The van der Waals surface area contributed by atoms with Gasteiger partial charge in [-0.15, -0.1) is 0 Å². The zero-order chi connectivity index (χ0) is 22.7. The van der Waals surface area contributed by atoms with Crippen LogP contribution in [0.1, 0.15) is 6.42 Å². The fraction of sp³-hybridized carbons (Fsp3) is 0.273. The molecule has 1 aliphatic rings. The average molecular weight is 457 g/mol. The van der Waals surface area contributed by atoms with Crippen LogP contribution >= 0.6 is 0 Å². The minimum Gasteiger partial charge on any atom is -0.483 e. The van der Waals surface area contributed by atoms with Gasteiger partial charge in [0.2, 0.25) is 0 Å². The molecule has 0 radical (unpaired) electrons. The van der Waals surface area contributed by atoms with Gasteiger partial charge in [-0.3, -0.25) is 4.79 Å². The number of benzene rings is 2. The number of carboxylic acid groups (broad SMARTS) is 1. The third-order valence-electron chi connectivity index (χ3n) is 5.56. The minimum absolute atomic E-state index is 0.193. The number of hydrogen-bond donors (Lipinski definition) is 1. The molecular formula is C22H24N4O5S. The molecule has 1 fully saturated rings. The average Bonchev–Trinajstić information content (AvgIpc) is 3.37. The normalized spacial score (nSPS) is 15.3. The van der Waals surface area contributed by atoms with Crippen molar-refractivity contribution in [3.63, 3.8) is 0 Å². The highest BCUT2D eigenvalue weighted by atomic mass is 32.2. The van der Waals surface area contributed by atoms with Crippen molar-refractivity contribution in [3.05, 3.63) is 54.9 Å². The largest absolute Gasteiger partial charge is 0.483 e. The SMILES string of the molecule is CN1CCCN(c2ccc3cnn(S(=O)(=O)c4ccc5occc5c4)c3c2)CC1.O=CO. The first kappa shape index (κ1) is 21.8. The van der Waals surface area contributed by atoms with Gasteiger partial charge >= 0.3 is 0 Å². The Labute approximate surface area is 185 Å². The monoisotopic (exact) mass is 456 g/mol. The second kappa shape index (κ2) is 9.01. The molecule has 0 spiro atoms. The third-order valence-corrected chi connectivity index (χ3v) is 7.15. The maximum Gasteiger partial charge on any atom is 0.290 e. The van der Waals surface area contributed by atoms with E-state index in [1.54, 1.807) is 36.7 Å². The molecule has 168 valence electrons. The van der Waals surface area contributed by atoms with Crippen molar-refractivity contribution in [1.29, 1.82) is 0 Å². The molecule has 9 nitrogen and oxygen atoms in total. The van der Waals surface area contributed by atoms with E-state index in [1.165, 1.54) is 0 Å². The van der Waals surface area contributed by atoms with E-state index in [9.17, 15) is 8.42 Å². The summed E-state index contributed by atoms with van der Waals surface area (Å²) in [6, 6.07) is 12.5. The maximum atomic E-state index is 13.3. The van der Waals surface area contributed by atoms with Gasteiger partial charge in [0.05, 0.1) is 22.9 Å². The molecule has 0 bridgehead atoms. The molecule has 4 aromatic rings. The Bertz CT molecular complexity index is 1340. The van der Waals surface area contributed by atoms with Crippen LogP contribution in [-0.2, 0) is 14.8 Å². The van der Waals surface area contributed by atoms with Gasteiger partial charge < -0.3 is 19.3 Å². The van der Waals surface area contributed by atoms with Crippen LogP contribution in [-0.4, -0.2) is 67.3 Å². The van der Waals surface area contributed by atoms with Gasteiger partial charge in [0.25, 0.3) is 16.5 Å². The summed E-state index contributed by atoms with van der Waals surface area (Å²) in [6.07, 6.45) is 4.23. The van der Waals surface area contributed by atoms with Crippen molar-refractivity contribution < 1.29 is 22.7 Å². The standard InChI is InChI=1S/C21H22N4O3S.CH2O2/c1-23-8-2-9-24(11-10-23)18-4-3-17-15-22-25(20(17)14-18)29(26,27)19-5-6-21-16(13-19)7-12-28-21;2-1-3/h3-7,12-15H,2,8-11H2,1H3;1H,(H,2,3). The number of anilines is 1. The van der Waals surface area contributed by atoms with Crippen LogP contribution < -0.4 is 4.90 Å². The van der Waals surface area contributed by atoms with E-state index in [2.05, 4.69) is 21.9 Å². The van der Waals surface area contributed by atoms with E-state index in [4.69, 9.17) is 14.3 Å². The number of aromatic nitrogens is 2. The molecule has 32 heavy (non-hydrogen) atoms. The molecule has 10 heteroatoms. The lowest BCUT2D eigenvalue weighted by Gasteiger charge is -2.23. The Morgan fingerprint density at radius 2 is 1.84 bits per heavy atom. The molecular weight excluding hydrogens is 432 g/mol. The number of carbonyl (C=O) groups is 1. The lowest BCUT2D eigenvalue weighted by Crippen LogP contribution is -2.28. The second-order valence-corrected chi connectivity index (χ2v) is 9.37. The summed E-state index contributed by atoms with van der Waals surface area (Å²) in [6.45, 7) is 3.68. The quantitative estimate of drug-likeness (QED) is 0.469. The minimum atomic E-state index is -3.82. The molecule has 2 aromatic carbocycles. The van der Waals surface area contributed by atoms with E-state index in [1.807, 2.05) is 18.2 Å². The highest BCUT2D eigenvalue weighted by Gasteiger charge is 2.22. The van der Waals surface area contributed by atoms with Crippen LogP contribution in [0.4, 0.5) is 5.69 Å². The van der Waals surface area contributed by atoms with Crippen molar-refractivity contribution in [2.24, 2.45) is 0 Å². The summed E-state index contributed by atoms with van der Waals surface area (Å²) in [5.74, 6) is 0. The highest BCUT2D eigenvalue weighted by Crippen LogP contribution is 2.27. The van der Waals surface area contributed by atoms with E-state index < -0.39 is 10.0 Å². The van der Waals surface area contributed by atoms with Crippen molar-refractivity contribution in [1.82, 2.24) is 14.1 Å². The summed E-state index contributed by atoms with van der Waals surface area (Å²) in [5.41, 5.74) is 2.27. The molecule has 5 rings (SSSR count). The lowest BCUT2D eigenvalue weighted by atomic mass is 10.2. The van der Waals surface area contributed by atoms with Crippen molar-refractivity contribution in [3.8, 4) is 0 Å². The molecule has 1 aliphatic heterocycles. The van der Waals surface area contributed by atoms with Gasteiger partial charge in [-0.1, -0.05) is 0 Å². The molecule has 3 heterocycles. The first-order valence-corrected chi connectivity index (χ1v) is 11.6. The van der Waals surface area contributed by atoms with Crippen LogP contribution in [0.2, 0.25) is 0 Å². The number of rotatable bonds is 3. The molecule has 1 saturated heterocycles. The van der Waals surface area contributed by atoms with Crippen molar-refractivity contribution in [2.75, 3.05) is 38.1 Å². The van der Waals surface area contributed by atoms with Crippen LogP contribution in [0.15, 0.2) is 64.2 Å². The first-order valence-electron chi connectivity index (χ1n) is 10.2. The van der Waals surface area contributed by atoms with Crippen LogP contribution in [0.5, 0.6) is 0 Å². The first-order chi connectivity index (χ1) is 15.4. The molecule has 0 aliphatic carbocycles. The van der Waals surface area contributed by atoms with Gasteiger partial charge in [0, 0.05) is 36.1 Å². The zero-order valence-corrected chi connectivity index (χ0v) is 18.4. The third kappa shape index (κ3) is 4.19. The number of likely N-dealkylation sites (N-methyl/N-ethyl adjacent to an activating group) is 1. The fourth-order valence-corrected chi connectivity index (χ4v) is 5.19. The van der Waals surface area contributed by atoms with Gasteiger partial charge in [-0.05, 0) is 62.5 Å². The Hall–Kier alpha value is -3.37. The summed E-state index contributed by atoms with van der Waals surface area (Å²) >= 11 is 0. The van der Waals surface area contributed by atoms with E-state index >= 15 is 0 Å². The number of fused-ring (bicyclic) bond motifs is 2. The summed E-state index contributed by atoms with van der Waals surface area (Å²) in [5, 5.41) is 12.6. The number of hydrogen-bond acceptors (Lipinski definition) is 7. The van der Waals surface area contributed by atoms with Crippen molar-refractivity contribution in [2.45, 2.75) is 11.3 Å². The van der Waals surface area contributed by atoms with Crippen LogP contribution in [0.3, 0.4) is 0 Å². The molecule has 0 atom stereocenters. The summed E-state index contributed by atoms with van der Waals surface area (Å²) in [4.78, 5) is 13.2. The maximum absolute atomic E-state index is 13.3. The predicted molar refractivity (Wildman–Crippen MR) is 122 cm³/mol. The topological polar surface area (TPSA) is 109 Å². The molecule has 2 aromatic heterocycles. The van der Waals surface area contributed by atoms with Gasteiger partial charge in [-0.2, -0.15) is 17.6 Å². The fourth-order valence-electron chi connectivity index (χ4n) is 3.88. The number of nitrogens with zero attached hydrogens (tertiary/aromatic N) is 4. The Balaban J connectivity index is 0.000000775. The molecule has 1 N–H and O–H groups in total. The lowest BCUT2D eigenvalue weighted by molar-refractivity contribution is -0.122. The second-order valence-electron chi connectivity index (χ2n) is 7.61. The van der Waals surface area contributed by atoms with E-state index in [-0.39, 0.29) is 11.4 Å². The Kier molecular flexibility index (Phi) is 6.15. The molecule has 0 amide bonds. The van der Waals surface area contributed by atoms with Crippen molar-refractivity contribution >= 4 is 44.1 Å². The van der Waals surface area contributed by atoms with Gasteiger partial charge in [0.1, 0.15) is 5.58 Å². The number of furan rings is 1.